The lowest BCUT2D eigenvalue weighted by Crippen LogP contribution is -2.26. The second kappa shape index (κ2) is 6.33. The zero-order valence-electron chi connectivity index (χ0n) is 11.6. The molecular formula is C13H16N4O2S. The van der Waals surface area contributed by atoms with Crippen LogP contribution in [0.3, 0.4) is 0 Å². The van der Waals surface area contributed by atoms with Gasteiger partial charge in [-0.05, 0) is 6.07 Å². The van der Waals surface area contributed by atoms with Crippen LogP contribution in [0.5, 0.6) is 5.75 Å². The van der Waals surface area contributed by atoms with Gasteiger partial charge in [0.05, 0.1) is 7.11 Å². The van der Waals surface area contributed by atoms with E-state index in [1.165, 1.54) is 11.3 Å². The van der Waals surface area contributed by atoms with E-state index < -0.39 is 0 Å². The van der Waals surface area contributed by atoms with Gasteiger partial charge in [0, 0.05) is 26.2 Å². The molecule has 2 aromatic rings. The molecule has 1 N–H and O–H groups in total. The second-order valence-electron chi connectivity index (χ2n) is 4.14. The summed E-state index contributed by atoms with van der Waals surface area (Å²) in [5.74, 6) is 0.607. The molecule has 0 saturated carbocycles. The van der Waals surface area contributed by atoms with Crippen LogP contribution in [-0.2, 0) is 6.54 Å². The van der Waals surface area contributed by atoms with Crippen molar-refractivity contribution in [2.24, 2.45) is 0 Å². The minimum Gasteiger partial charge on any atom is -0.496 e. The minimum atomic E-state index is -0.157. The summed E-state index contributed by atoms with van der Waals surface area (Å²) in [6.07, 6.45) is 0. The summed E-state index contributed by atoms with van der Waals surface area (Å²) in [5.41, 5.74) is 0.948. The second-order valence-corrected chi connectivity index (χ2v) is 5.11. The SMILES string of the molecule is CNc1nnc(C(=O)N(C)Cc2ccccc2OC)s1. The molecule has 1 heterocycles. The summed E-state index contributed by atoms with van der Waals surface area (Å²) in [6, 6.07) is 7.62. The molecule has 106 valence electrons. The molecule has 0 aliphatic heterocycles. The van der Waals surface area contributed by atoms with Crippen LogP contribution in [-0.4, -0.2) is 42.2 Å². The Morgan fingerprint density at radius 1 is 1.40 bits per heavy atom. The lowest BCUT2D eigenvalue weighted by molar-refractivity contribution is 0.0783. The predicted octanol–water partition coefficient (Wildman–Crippen LogP) is 1.86. The molecule has 0 aliphatic carbocycles. The molecule has 2 rings (SSSR count). The van der Waals surface area contributed by atoms with Gasteiger partial charge in [-0.15, -0.1) is 10.2 Å². The maximum Gasteiger partial charge on any atom is 0.284 e. The fourth-order valence-electron chi connectivity index (χ4n) is 1.73. The number of para-hydroxylation sites is 1. The Balaban J connectivity index is 2.11. The number of nitrogens with zero attached hydrogens (tertiary/aromatic N) is 3. The van der Waals surface area contributed by atoms with Crippen LogP contribution in [0.15, 0.2) is 24.3 Å². The van der Waals surface area contributed by atoms with Gasteiger partial charge in [-0.2, -0.15) is 0 Å². The highest BCUT2D eigenvalue weighted by molar-refractivity contribution is 7.17. The number of amides is 1. The highest BCUT2D eigenvalue weighted by Crippen LogP contribution is 2.21. The number of carbonyl (C=O) groups excluding carboxylic acids is 1. The van der Waals surface area contributed by atoms with Gasteiger partial charge >= 0.3 is 0 Å². The highest BCUT2D eigenvalue weighted by atomic mass is 32.1. The van der Waals surface area contributed by atoms with E-state index in [1.807, 2.05) is 24.3 Å². The Morgan fingerprint density at radius 2 is 2.15 bits per heavy atom. The van der Waals surface area contributed by atoms with Crippen molar-refractivity contribution in [3.8, 4) is 5.75 Å². The molecule has 0 spiro atoms. The van der Waals surface area contributed by atoms with Gasteiger partial charge in [-0.3, -0.25) is 4.79 Å². The van der Waals surface area contributed by atoms with Crippen molar-refractivity contribution in [2.75, 3.05) is 26.5 Å². The number of benzene rings is 1. The first-order chi connectivity index (χ1) is 9.65. The third-order valence-corrected chi connectivity index (χ3v) is 3.70. The fourth-order valence-corrected chi connectivity index (χ4v) is 2.43. The van der Waals surface area contributed by atoms with E-state index in [4.69, 9.17) is 4.74 Å². The van der Waals surface area contributed by atoms with Gasteiger partial charge < -0.3 is 15.0 Å². The molecule has 1 aromatic carbocycles. The van der Waals surface area contributed by atoms with Gasteiger partial charge in [0.2, 0.25) is 10.1 Å². The van der Waals surface area contributed by atoms with E-state index in [1.54, 1.807) is 26.1 Å². The Morgan fingerprint density at radius 3 is 2.80 bits per heavy atom. The molecule has 0 unspecified atom stereocenters. The number of hydrogen-bond donors (Lipinski definition) is 1. The van der Waals surface area contributed by atoms with Crippen molar-refractivity contribution in [3.05, 3.63) is 34.8 Å². The maximum atomic E-state index is 12.2. The largest absolute Gasteiger partial charge is 0.496 e. The zero-order chi connectivity index (χ0) is 14.5. The first-order valence-electron chi connectivity index (χ1n) is 6.04. The predicted molar refractivity (Wildman–Crippen MR) is 78.2 cm³/mol. The summed E-state index contributed by atoms with van der Waals surface area (Å²) < 4.78 is 5.28. The molecule has 0 fully saturated rings. The molecule has 0 saturated heterocycles. The lowest BCUT2D eigenvalue weighted by Gasteiger charge is -2.17. The third-order valence-electron chi connectivity index (χ3n) is 2.77. The van der Waals surface area contributed by atoms with Gasteiger partial charge in [0.15, 0.2) is 0 Å². The molecule has 0 bridgehead atoms. The summed E-state index contributed by atoms with van der Waals surface area (Å²) in [5, 5.41) is 11.6. The smallest absolute Gasteiger partial charge is 0.284 e. The van der Waals surface area contributed by atoms with Crippen LogP contribution in [0.25, 0.3) is 0 Å². The standard InChI is InChI=1S/C13H16N4O2S/c1-14-13-16-15-11(20-13)12(18)17(2)8-9-6-4-5-7-10(9)19-3/h4-7H,8H2,1-3H3,(H,14,16). The van der Waals surface area contributed by atoms with Crippen LogP contribution in [0.4, 0.5) is 5.13 Å². The van der Waals surface area contributed by atoms with Gasteiger partial charge in [0.25, 0.3) is 5.91 Å². The molecular weight excluding hydrogens is 276 g/mol. The Bertz CT molecular complexity index is 600. The van der Waals surface area contributed by atoms with Crippen molar-refractivity contribution in [1.82, 2.24) is 15.1 Å². The first kappa shape index (κ1) is 14.3. The van der Waals surface area contributed by atoms with Crippen molar-refractivity contribution in [2.45, 2.75) is 6.54 Å². The molecule has 6 nitrogen and oxygen atoms in total. The van der Waals surface area contributed by atoms with Crippen molar-refractivity contribution in [3.63, 3.8) is 0 Å². The summed E-state index contributed by atoms with van der Waals surface area (Å²) in [7, 11) is 5.09. The fraction of sp³-hybridized carbons (Fsp3) is 0.308. The van der Waals surface area contributed by atoms with Crippen LogP contribution >= 0.6 is 11.3 Å². The summed E-state index contributed by atoms with van der Waals surface area (Å²) >= 11 is 1.23. The average molecular weight is 292 g/mol. The summed E-state index contributed by atoms with van der Waals surface area (Å²) in [6.45, 7) is 0.456. The molecule has 0 radical (unpaired) electrons. The molecule has 0 atom stereocenters. The Hall–Kier alpha value is -2.15. The minimum absolute atomic E-state index is 0.157. The van der Waals surface area contributed by atoms with E-state index in [9.17, 15) is 4.79 Å². The van der Waals surface area contributed by atoms with Crippen molar-refractivity contribution >= 4 is 22.4 Å². The van der Waals surface area contributed by atoms with Crippen LogP contribution in [0.1, 0.15) is 15.4 Å². The number of ether oxygens (including phenoxy) is 1. The number of aromatic nitrogens is 2. The van der Waals surface area contributed by atoms with E-state index in [-0.39, 0.29) is 5.91 Å². The number of rotatable bonds is 5. The zero-order valence-corrected chi connectivity index (χ0v) is 12.4. The molecule has 20 heavy (non-hydrogen) atoms. The number of nitrogens with one attached hydrogen (secondary N) is 1. The molecule has 1 amide bonds. The van der Waals surface area contributed by atoms with E-state index in [0.29, 0.717) is 16.7 Å². The highest BCUT2D eigenvalue weighted by Gasteiger charge is 2.18. The van der Waals surface area contributed by atoms with Gasteiger partial charge in [-0.1, -0.05) is 29.5 Å². The molecule has 0 aliphatic rings. The number of hydrogen-bond acceptors (Lipinski definition) is 6. The Labute approximate surface area is 121 Å². The summed E-state index contributed by atoms with van der Waals surface area (Å²) in [4.78, 5) is 13.8. The van der Waals surface area contributed by atoms with E-state index in [0.717, 1.165) is 11.3 Å². The maximum absolute atomic E-state index is 12.2. The normalized spacial score (nSPS) is 10.2. The van der Waals surface area contributed by atoms with Crippen LogP contribution in [0.2, 0.25) is 0 Å². The number of methoxy groups -OCH3 is 1. The van der Waals surface area contributed by atoms with E-state index >= 15 is 0 Å². The quantitative estimate of drug-likeness (QED) is 0.911. The lowest BCUT2D eigenvalue weighted by atomic mass is 10.2. The van der Waals surface area contributed by atoms with Gasteiger partial charge in [0.1, 0.15) is 5.75 Å². The monoisotopic (exact) mass is 292 g/mol. The van der Waals surface area contributed by atoms with Crippen molar-refractivity contribution < 1.29 is 9.53 Å². The molecule has 7 heteroatoms. The third kappa shape index (κ3) is 3.05. The number of carbonyl (C=O) groups is 1. The van der Waals surface area contributed by atoms with Crippen LogP contribution in [0, 0.1) is 0 Å². The molecule has 1 aromatic heterocycles. The van der Waals surface area contributed by atoms with E-state index in [2.05, 4.69) is 15.5 Å². The number of anilines is 1. The van der Waals surface area contributed by atoms with Crippen LogP contribution < -0.4 is 10.1 Å². The average Bonchev–Trinajstić information content (AvgIpc) is 2.95. The Kier molecular flexibility index (Phi) is 4.52. The first-order valence-corrected chi connectivity index (χ1v) is 6.86. The van der Waals surface area contributed by atoms with Crippen molar-refractivity contribution in [1.29, 1.82) is 0 Å². The van der Waals surface area contributed by atoms with Gasteiger partial charge in [-0.25, -0.2) is 0 Å². The topological polar surface area (TPSA) is 67.4 Å².